The summed E-state index contributed by atoms with van der Waals surface area (Å²) in [6, 6.07) is 0. The number of imidazole rings is 1. The average Bonchev–Trinajstić information content (AvgIpc) is 2.80. The molecule has 19 heavy (non-hydrogen) atoms. The number of amides is 1. The summed E-state index contributed by atoms with van der Waals surface area (Å²) in [6.45, 7) is 8.19. The molecule has 0 radical (unpaired) electrons. The highest BCUT2D eigenvalue weighted by atomic mass is 16.6. The molecule has 5 nitrogen and oxygen atoms in total. The van der Waals surface area contributed by atoms with E-state index in [-0.39, 0.29) is 6.09 Å². The predicted octanol–water partition coefficient (Wildman–Crippen LogP) is 2.53. The normalized spacial score (nSPS) is 20.4. The van der Waals surface area contributed by atoms with Gasteiger partial charge in [-0.3, -0.25) is 0 Å². The van der Waals surface area contributed by atoms with Gasteiger partial charge in [0.25, 0.3) is 0 Å². The Bertz CT molecular complexity index is 409. The number of hydrogen-bond acceptors (Lipinski definition) is 3. The summed E-state index contributed by atoms with van der Waals surface area (Å²) >= 11 is 0. The molecule has 5 heteroatoms. The summed E-state index contributed by atoms with van der Waals surface area (Å²) < 4.78 is 7.50. The summed E-state index contributed by atoms with van der Waals surface area (Å²) in [6.07, 6.45) is 7.58. The minimum absolute atomic E-state index is 0.192. The van der Waals surface area contributed by atoms with E-state index in [1.165, 1.54) is 0 Å². The van der Waals surface area contributed by atoms with Crippen LogP contribution < -0.4 is 0 Å². The van der Waals surface area contributed by atoms with Gasteiger partial charge < -0.3 is 14.2 Å². The Kier molecular flexibility index (Phi) is 4.12. The zero-order chi connectivity index (χ0) is 13.9. The molecule has 1 fully saturated rings. The van der Waals surface area contributed by atoms with Crippen molar-refractivity contribution in [2.24, 2.45) is 5.92 Å². The van der Waals surface area contributed by atoms with E-state index >= 15 is 0 Å². The van der Waals surface area contributed by atoms with Crippen LogP contribution in [0.5, 0.6) is 0 Å². The van der Waals surface area contributed by atoms with Gasteiger partial charge in [0.15, 0.2) is 0 Å². The van der Waals surface area contributed by atoms with E-state index in [4.69, 9.17) is 4.74 Å². The van der Waals surface area contributed by atoms with Crippen molar-refractivity contribution >= 4 is 6.09 Å². The van der Waals surface area contributed by atoms with Crippen molar-refractivity contribution in [1.29, 1.82) is 0 Å². The second-order valence-corrected chi connectivity index (χ2v) is 6.19. The highest BCUT2D eigenvalue weighted by Crippen LogP contribution is 2.20. The molecule has 0 bridgehead atoms. The lowest BCUT2D eigenvalue weighted by atomic mass is 9.98. The molecular weight excluding hydrogens is 242 g/mol. The average molecular weight is 265 g/mol. The van der Waals surface area contributed by atoms with Crippen LogP contribution in [-0.2, 0) is 11.3 Å². The second-order valence-electron chi connectivity index (χ2n) is 6.19. The van der Waals surface area contributed by atoms with Crippen molar-refractivity contribution in [2.45, 2.75) is 45.8 Å². The Morgan fingerprint density at radius 1 is 1.47 bits per heavy atom. The highest BCUT2D eigenvalue weighted by Gasteiger charge is 2.27. The summed E-state index contributed by atoms with van der Waals surface area (Å²) in [5.74, 6) is 0.482. The van der Waals surface area contributed by atoms with Crippen molar-refractivity contribution in [2.75, 3.05) is 13.1 Å². The third-order valence-corrected chi connectivity index (χ3v) is 3.20. The van der Waals surface area contributed by atoms with Gasteiger partial charge in [-0.25, -0.2) is 9.78 Å². The molecule has 2 heterocycles. The summed E-state index contributed by atoms with van der Waals surface area (Å²) in [5, 5.41) is 0. The minimum Gasteiger partial charge on any atom is -0.444 e. The van der Waals surface area contributed by atoms with Crippen LogP contribution in [0.15, 0.2) is 18.7 Å². The van der Waals surface area contributed by atoms with E-state index in [0.29, 0.717) is 5.92 Å². The molecule has 0 spiro atoms. The lowest BCUT2D eigenvalue weighted by Gasteiger charge is -2.34. The van der Waals surface area contributed by atoms with Gasteiger partial charge in [0.2, 0.25) is 0 Å². The molecule has 0 aliphatic carbocycles. The molecule has 1 aromatic rings. The van der Waals surface area contributed by atoms with E-state index < -0.39 is 5.60 Å². The third kappa shape index (κ3) is 4.26. The molecule has 2 rings (SSSR count). The molecule has 0 saturated carbocycles. The number of piperidine rings is 1. The maximum absolute atomic E-state index is 12.0. The fourth-order valence-corrected chi connectivity index (χ4v) is 2.40. The Hall–Kier alpha value is -1.52. The Morgan fingerprint density at radius 2 is 2.26 bits per heavy atom. The van der Waals surface area contributed by atoms with Crippen molar-refractivity contribution in [1.82, 2.24) is 14.5 Å². The van der Waals surface area contributed by atoms with E-state index in [9.17, 15) is 4.79 Å². The van der Waals surface area contributed by atoms with Crippen LogP contribution in [-0.4, -0.2) is 39.2 Å². The lowest BCUT2D eigenvalue weighted by molar-refractivity contribution is 0.0157. The van der Waals surface area contributed by atoms with Crippen molar-refractivity contribution in [3.8, 4) is 0 Å². The molecule has 1 saturated heterocycles. The number of carbonyl (C=O) groups is 1. The van der Waals surface area contributed by atoms with E-state index in [0.717, 1.165) is 32.5 Å². The molecule has 0 aromatic carbocycles. The lowest BCUT2D eigenvalue weighted by Crippen LogP contribution is -2.43. The van der Waals surface area contributed by atoms with Gasteiger partial charge in [0.1, 0.15) is 5.60 Å². The monoisotopic (exact) mass is 265 g/mol. The molecule has 1 atom stereocenters. The van der Waals surface area contributed by atoms with Crippen LogP contribution in [0.1, 0.15) is 33.6 Å². The van der Waals surface area contributed by atoms with E-state index in [1.54, 1.807) is 6.20 Å². The number of ether oxygens (including phenoxy) is 1. The quantitative estimate of drug-likeness (QED) is 0.825. The van der Waals surface area contributed by atoms with Gasteiger partial charge in [-0.1, -0.05) is 0 Å². The topological polar surface area (TPSA) is 47.4 Å². The maximum Gasteiger partial charge on any atom is 0.410 e. The van der Waals surface area contributed by atoms with Crippen LogP contribution in [0.4, 0.5) is 4.79 Å². The van der Waals surface area contributed by atoms with Crippen LogP contribution >= 0.6 is 0 Å². The fourth-order valence-electron chi connectivity index (χ4n) is 2.40. The summed E-state index contributed by atoms with van der Waals surface area (Å²) in [4.78, 5) is 17.9. The fraction of sp³-hybridized carbons (Fsp3) is 0.714. The summed E-state index contributed by atoms with van der Waals surface area (Å²) in [7, 11) is 0. The number of nitrogens with zero attached hydrogens (tertiary/aromatic N) is 3. The smallest absolute Gasteiger partial charge is 0.410 e. The van der Waals surface area contributed by atoms with Crippen molar-refractivity contribution in [3.63, 3.8) is 0 Å². The predicted molar refractivity (Wildman–Crippen MR) is 72.8 cm³/mol. The summed E-state index contributed by atoms with van der Waals surface area (Å²) in [5.41, 5.74) is -0.422. The number of likely N-dealkylation sites (tertiary alicyclic amines) is 1. The Morgan fingerprint density at radius 3 is 2.89 bits per heavy atom. The standard InChI is InChI=1S/C14H23N3O2/c1-14(2,3)19-13(18)17-7-4-5-12(10-17)9-16-8-6-15-11-16/h6,8,11-12H,4-5,7,9-10H2,1-3H3/t12-/m1/s1. The van der Waals surface area contributed by atoms with Gasteiger partial charge in [-0.15, -0.1) is 0 Å². The first-order valence-electron chi connectivity index (χ1n) is 6.88. The number of rotatable bonds is 2. The third-order valence-electron chi connectivity index (χ3n) is 3.20. The van der Waals surface area contributed by atoms with Gasteiger partial charge in [0.05, 0.1) is 6.33 Å². The van der Waals surface area contributed by atoms with Gasteiger partial charge in [0, 0.05) is 32.0 Å². The molecule has 1 aliphatic heterocycles. The Labute approximate surface area is 114 Å². The van der Waals surface area contributed by atoms with Gasteiger partial charge in [-0.2, -0.15) is 0 Å². The molecule has 0 unspecified atom stereocenters. The van der Waals surface area contributed by atoms with Crippen LogP contribution in [0.25, 0.3) is 0 Å². The molecular formula is C14H23N3O2. The van der Waals surface area contributed by atoms with Gasteiger partial charge >= 0.3 is 6.09 Å². The molecule has 0 N–H and O–H groups in total. The second kappa shape index (κ2) is 5.63. The highest BCUT2D eigenvalue weighted by molar-refractivity contribution is 5.68. The zero-order valence-corrected chi connectivity index (χ0v) is 12.0. The van der Waals surface area contributed by atoms with Crippen molar-refractivity contribution in [3.05, 3.63) is 18.7 Å². The largest absolute Gasteiger partial charge is 0.444 e. The number of carbonyl (C=O) groups excluding carboxylic acids is 1. The van der Waals surface area contributed by atoms with E-state index in [2.05, 4.69) is 9.55 Å². The maximum atomic E-state index is 12.0. The molecule has 1 aliphatic rings. The first-order valence-corrected chi connectivity index (χ1v) is 6.88. The SMILES string of the molecule is CC(C)(C)OC(=O)N1CCC[C@H](Cn2ccnc2)C1. The number of aromatic nitrogens is 2. The zero-order valence-electron chi connectivity index (χ0n) is 12.0. The number of hydrogen-bond donors (Lipinski definition) is 0. The minimum atomic E-state index is -0.422. The van der Waals surface area contributed by atoms with Crippen LogP contribution in [0, 0.1) is 5.92 Å². The van der Waals surface area contributed by atoms with Crippen molar-refractivity contribution < 1.29 is 9.53 Å². The van der Waals surface area contributed by atoms with Crippen LogP contribution in [0.3, 0.4) is 0 Å². The van der Waals surface area contributed by atoms with Gasteiger partial charge in [-0.05, 0) is 39.5 Å². The molecule has 1 amide bonds. The first-order chi connectivity index (χ1) is 8.94. The molecule has 106 valence electrons. The molecule has 1 aromatic heterocycles. The van der Waals surface area contributed by atoms with Crippen LogP contribution in [0.2, 0.25) is 0 Å². The Balaban J connectivity index is 1.88. The first kappa shape index (κ1) is 13.9. The van der Waals surface area contributed by atoms with E-state index in [1.807, 2.05) is 38.2 Å².